The summed E-state index contributed by atoms with van der Waals surface area (Å²) in [6, 6.07) is 5.75. The molecule has 0 saturated heterocycles. The first-order chi connectivity index (χ1) is 8.10. The van der Waals surface area contributed by atoms with Crippen molar-refractivity contribution in [2.75, 3.05) is 32.2 Å². The average Bonchev–Trinajstić information content (AvgIpc) is 3.09. The molecule has 1 fully saturated rings. The Morgan fingerprint density at radius 1 is 1.47 bits per heavy atom. The van der Waals surface area contributed by atoms with E-state index in [9.17, 15) is 5.11 Å². The minimum atomic E-state index is 0.112. The fourth-order valence-electron chi connectivity index (χ4n) is 2.03. The summed E-state index contributed by atoms with van der Waals surface area (Å²) in [5.41, 5.74) is 1.16. The SMILES string of the molecule is COc1ccc(N(C)CC2(CO)CC2)cc1Cl. The van der Waals surface area contributed by atoms with Gasteiger partial charge in [-0.1, -0.05) is 11.6 Å². The second-order valence-corrected chi connectivity index (χ2v) is 5.24. The maximum atomic E-state index is 9.32. The van der Waals surface area contributed by atoms with Gasteiger partial charge >= 0.3 is 0 Å². The summed E-state index contributed by atoms with van der Waals surface area (Å²) in [6.45, 7) is 1.13. The van der Waals surface area contributed by atoms with Gasteiger partial charge in [0.05, 0.1) is 18.7 Å². The third kappa shape index (κ3) is 2.67. The van der Waals surface area contributed by atoms with Gasteiger partial charge in [0.15, 0.2) is 0 Å². The predicted molar refractivity (Wildman–Crippen MR) is 70.0 cm³/mol. The first-order valence-corrected chi connectivity index (χ1v) is 6.13. The molecular formula is C13H18ClNO2. The number of methoxy groups -OCH3 is 1. The van der Waals surface area contributed by atoms with Crippen LogP contribution in [0.3, 0.4) is 0 Å². The number of aliphatic hydroxyl groups is 1. The van der Waals surface area contributed by atoms with Gasteiger partial charge in [0.25, 0.3) is 0 Å². The molecule has 0 unspecified atom stereocenters. The highest BCUT2D eigenvalue weighted by atomic mass is 35.5. The van der Waals surface area contributed by atoms with Gasteiger partial charge in [0.1, 0.15) is 5.75 Å². The van der Waals surface area contributed by atoms with Crippen LogP contribution in [-0.4, -0.2) is 32.4 Å². The lowest BCUT2D eigenvalue weighted by Crippen LogP contribution is -2.28. The Bertz CT molecular complexity index is 404. The molecule has 1 aliphatic rings. The highest BCUT2D eigenvalue weighted by molar-refractivity contribution is 6.32. The fourth-order valence-corrected chi connectivity index (χ4v) is 2.28. The average molecular weight is 256 g/mol. The second-order valence-electron chi connectivity index (χ2n) is 4.83. The van der Waals surface area contributed by atoms with Crippen LogP contribution in [0.4, 0.5) is 5.69 Å². The van der Waals surface area contributed by atoms with E-state index in [0.29, 0.717) is 10.8 Å². The fraction of sp³-hybridized carbons (Fsp3) is 0.538. The molecule has 0 amide bonds. The number of ether oxygens (including phenoxy) is 1. The van der Waals surface area contributed by atoms with E-state index in [1.165, 1.54) is 0 Å². The first kappa shape index (κ1) is 12.5. The molecule has 1 aliphatic carbocycles. The van der Waals surface area contributed by atoms with Crippen molar-refractivity contribution in [3.63, 3.8) is 0 Å². The molecule has 2 rings (SSSR count). The smallest absolute Gasteiger partial charge is 0.137 e. The molecule has 94 valence electrons. The quantitative estimate of drug-likeness (QED) is 0.878. The van der Waals surface area contributed by atoms with Crippen molar-refractivity contribution >= 4 is 17.3 Å². The van der Waals surface area contributed by atoms with Crippen molar-refractivity contribution < 1.29 is 9.84 Å². The van der Waals surface area contributed by atoms with Crippen molar-refractivity contribution in [2.45, 2.75) is 12.8 Å². The van der Waals surface area contributed by atoms with Gasteiger partial charge in [-0.3, -0.25) is 0 Å². The second kappa shape index (κ2) is 4.75. The third-order valence-electron chi connectivity index (χ3n) is 3.44. The lowest BCUT2D eigenvalue weighted by Gasteiger charge is -2.24. The van der Waals surface area contributed by atoms with Gasteiger partial charge in [-0.15, -0.1) is 0 Å². The molecule has 1 N–H and O–H groups in total. The summed E-state index contributed by atoms with van der Waals surface area (Å²) in [5, 5.41) is 9.93. The van der Waals surface area contributed by atoms with Crippen LogP contribution in [0.5, 0.6) is 5.75 Å². The number of benzene rings is 1. The van der Waals surface area contributed by atoms with E-state index in [0.717, 1.165) is 25.1 Å². The van der Waals surface area contributed by atoms with Crippen LogP contribution in [0, 0.1) is 5.41 Å². The van der Waals surface area contributed by atoms with Crippen LogP contribution < -0.4 is 9.64 Å². The molecule has 0 atom stereocenters. The summed E-state index contributed by atoms with van der Waals surface area (Å²) in [5.74, 6) is 0.687. The molecule has 0 spiro atoms. The molecular weight excluding hydrogens is 238 g/mol. The van der Waals surface area contributed by atoms with E-state index in [1.54, 1.807) is 7.11 Å². The standard InChI is InChI=1S/C13H18ClNO2/c1-15(8-13(9-16)5-6-13)10-3-4-12(17-2)11(14)7-10/h3-4,7,16H,5-6,8-9H2,1-2H3. The summed E-state index contributed by atoms with van der Waals surface area (Å²) in [4.78, 5) is 2.13. The molecule has 0 aromatic heterocycles. The van der Waals surface area contributed by atoms with Gasteiger partial charge in [0, 0.05) is 24.7 Å². The topological polar surface area (TPSA) is 32.7 Å². The highest BCUT2D eigenvalue weighted by Gasteiger charge is 2.42. The largest absolute Gasteiger partial charge is 0.495 e. The summed E-state index contributed by atoms with van der Waals surface area (Å²) in [7, 11) is 3.63. The maximum absolute atomic E-state index is 9.32. The van der Waals surface area contributed by atoms with Crippen LogP contribution >= 0.6 is 11.6 Å². The zero-order valence-electron chi connectivity index (χ0n) is 10.2. The van der Waals surface area contributed by atoms with Crippen molar-refractivity contribution in [2.24, 2.45) is 5.41 Å². The molecule has 0 heterocycles. The number of anilines is 1. The number of aliphatic hydroxyl groups excluding tert-OH is 1. The Morgan fingerprint density at radius 2 is 2.18 bits per heavy atom. The summed E-state index contributed by atoms with van der Waals surface area (Å²) >= 11 is 6.09. The van der Waals surface area contributed by atoms with Crippen LogP contribution in [0.2, 0.25) is 5.02 Å². The number of halogens is 1. The molecule has 0 aliphatic heterocycles. The van der Waals surface area contributed by atoms with E-state index in [1.807, 2.05) is 25.2 Å². The minimum Gasteiger partial charge on any atom is -0.495 e. The number of hydrogen-bond donors (Lipinski definition) is 1. The van der Waals surface area contributed by atoms with Crippen molar-refractivity contribution in [1.82, 2.24) is 0 Å². The van der Waals surface area contributed by atoms with Gasteiger partial charge in [-0.05, 0) is 31.0 Å². The van der Waals surface area contributed by atoms with Gasteiger partial charge in [-0.25, -0.2) is 0 Å². The van der Waals surface area contributed by atoms with Gasteiger partial charge in [-0.2, -0.15) is 0 Å². The zero-order valence-corrected chi connectivity index (χ0v) is 11.0. The maximum Gasteiger partial charge on any atom is 0.137 e. The van der Waals surface area contributed by atoms with Crippen LogP contribution in [0.1, 0.15) is 12.8 Å². The zero-order chi connectivity index (χ0) is 12.5. The summed E-state index contributed by atoms with van der Waals surface area (Å²) < 4.78 is 5.12. The molecule has 1 aromatic rings. The Balaban J connectivity index is 2.09. The van der Waals surface area contributed by atoms with Gasteiger partial charge < -0.3 is 14.7 Å². The van der Waals surface area contributed by atoms with E-state index in [2.05, 4.69) is 4.90 Å². The summed E-state index contributed by atoms with van der Waals surface area (Å²) in [6.07, 6.45) is 2.22. The Kier molecular flexibility index (Phi) is 3.50. The van der Waals surface area contributed by atoms with E-state index in [-0.39, 0.29) is 12.0 Å². The molecule has 0 radical (unpaired) electrons. The normalized spacial score (nSPS) is 16.7. The van der Waals surface area contributed by atoms with E-state index < -0.39 is 0 Å². The predicted octanol–water partition coefficient (Wildman–Crippen LogP) is 2.56. The van der Waals surface area contributed by atoms with Crippen LogP contribution in [-0.2, 0) is 0 Å². The van der Waals surface area contributed by atoms with Crippen molar-refractivity contribution in [3.8, 4) is 5.75 Å². The van der Waals surface area contributed by atoms with Crippen molar-refractivity contribution in [3.05, 3.63) is 23.2 Å². The van der Waals surface area contributed by atoms with Gasteiger partial charge in [0.2, 0.25) is 0 Å². The Morgan fingerprint density at radius 3 is 2.65 bits per heavy atom. The number of nitrogens with zero attached hydrogens (tertiary/aromatic N) is 1. The minimum absolute atomic E-state index is 0.112. The Labute approximate surface area is 107 Å². The highest BCUT2D eigenvalue weighted by Crippen LogP contribution is 2.46. The number of hydrogen-bond acceptors (Lipinski definition) is 3. The third-order valence-corrected chi connectivity index (χ3v) is 3.74. The van der Waals surface area contributed by atoms with E-state index in [4.69, 9.17) is 16.3 Å². The number of rotatable bonds is 5. The van der Waals surface area contributed by atoms with Crippen LogP contribution in [0.15, 0.2) is 18.2 Å². The monoisotopic (exact) mass is 255 g/mol. The molecule has 4 heteroatoms. The molecule has 0 bridgehead atoms. The lowest BCUT2D eigenvalue weighted by molar-refractivity contribution is 0.215. The first-order valence-electron chi connectivity index (χ1n) is 5.76. The van der Waals surface area contributed by atoms with E-state index >= 15 is 0 Å². The molecule has 17 heavy (non-hydrogen) atoms. The molecule has 1 saturated carbocycles. The Hall–Kier alpha value is -0.930. The van der Waals surface area contributed by atoms with Crippen LogP contribution in [0.25, 0.3) is 0 Å². The lowest BCUT2D eigenvalue weighted by atomic mass is 10.1. The molecule has 3 nitrogen and oxygen atoms in total. The van der Waals surface area contributed by atoms with Crippen molar-refractivity contribution in [1.29, 1.82) is 0 Å². The molecule has 1 aromatic carbocycles.